The Bertz CT molecular complexity index is 825. The highest BCUT2D eigenvalue weighted by Gasteiger charge is 2.22. The molecule has 0 saturated heterocycles. The maximum Gasteiger partial charge on any atom is 0.341 e. The minimum atomic E-state index is -0.690. The summed E-state index contributed by atoms with van der Waals surface area (Å²) < 4.78 is 9.96. The SMILES string of the molecule is CCOC(=O)c1c(NC(=O)COC(=O)c2ccc(O)cc2)sc(C)c1C. The average molecular weight is 377 g/mol. The van der Waals surface area contributed by atoms with Gasteiger partial charge in [0.15, 0.2) is 6.61 Å². The molecular weight excluding hydrogens is 358 g/mol. The molecule has 0 unspecified atom stereocenters. The van der Waals surface area contributed by atoms with Crippen LogP contribution in [0.4, 0.5) is 5.00 Å². The van der Waals surface area contributed by atoms with E-state index in [0.29, 0.717) is 10.6 Å². The van der Waals surface area contributed by atoms with Crippen molar-refractivity contribution in [2.24, 2.45) is 0 Å². The van der Waals surface area contributed by atoms with Crippen LogP contribution < -0.4 is 5.32 Å². The number of hydrogen-bond donors (Lipinski definition) is 2. The topological polar surface area (TPSA) is 102 Å². The zero-order valence-corrected chi connectivity index (χ0v) is 15.4. The summed E-state index contributed by atoms with van der Waals surface area (Å²) in [6.07, 6.45) is 0. The van der Waals surface area contributed by atoms with Gasteiger partial charge >= 0.3 is 11.9 Å². The van der Waals surface area contributed by atoms with E-state index in [0.717, 1.165) is 10.4 Å². The Balaban J connectivity index is 2.01. The molecule has 2 aromatic rings. The van der Waals surface area contributed by atoms with Gasteiger partial charge in [0.05, 0.1) is 17.7 Å². The number of carbonyl (C=O) groups excluding carboxylic acids is 3. The lowest BCUT2D eigenvalue weighted by molar-refractivity contribution is -0.119. The molecule has 7 nitrogen and oxygen atoms in total. The molecule has 2 N–H and O–H groups in total. The van der Waals surface area contributed by atoms with Crippen molar-refractivity contribution in [2.75, 3.05) is 18.5 Å². The first kappa shape index (κ1) is 19.5. The van der Waals surface area contributed by atoms with Crippen molar-refractivity contribution in [1.82, 2.24) is 0 Å². The fourth-order valence-electron chi connectivity index (χ4n) is 2.14. The number of phenols is 1. The Morgan fingerprint density at radius 2 is 1.73 bits per heavy atom. The fraction of sp³-hybridized carbons (Fsp3) is 0.278. The van der Waals surface area contributed by atoms with E-state index < -0.39 is 24.5 Å². The Labute approximate surface area is 154 Å². The van der Waals surface area contributed by atoms with Gasteiger partial charge in [-0.25, -0.2) is 9.59 Å². The van der Waals surface area contributed by atoms with E-state index in [1.54, 1.807) is 13.8 Å². The monoisotopic (exact) mass is 377 g/mol. The molecule has 8 heteroatoms. The second-order valence-electron chi connectivity index (χ2n) is 5.38. The van der Waals surface area contributed by atoms with Gasteiger partial charge in [-0.05, 0) is 50.6 Å². The summed E-state index contributed by atoms with van der Waals surface area (Å²) in [4.78, 5) is 36.9. The van der Waals surface area contributed by atoms with Crippen molar-refractivity contribution in [2.45, 2.75) is 20.8 Å². The largest absolute Gasteiger partial charge is 0.508 e. The van der Waals surface area contributed by atoms with Crippen LogP contribution in [0.3, 0.4) is 0 Å². The molecule has 0 aliphatic heterocycles. The van der Waals surface area contributed by atoms with E-state index >= 15 is 0 Å². The number of anilines is 1. The molecule has 0 fully saturated rings. The number of aryl methyl sites for hydroxylation is 1. The van der Waals surface area contributed by atoms with Crippen LogP contribution >= 0.6 is 11.3 Å². The van der Waals surface area contributed by atoms with Gasteiger partial charge in [0.2, 0.25) is 0 Å². The molecule has 0 radical (unpaired) electrons. The molecule has 1 aromatic carbocycles. The Morgan fingerprint density at radius 3 is 2.35 bits per heavy atom. The van der Waals surface area contributed by atoms with Crippen LogP contribution in [0.15, 0.2) is 24.3 Å². The van der Waals surface area contributed by atoms with Crippen LogP contribution in [0.5, 0.6) is 5.75 Å². The first-order valence-electron chi connectivity index (χ1n) is 7.86. The van der Waals surface area contributed by atoms with Gasteiger partial charge in [0.1, 0.15) is 10.8 Å². The minimum absolute atomic E-state index is 0.0224. The summed E-state index contributed by atoms with van der Waals surface area (Å²) in [6.45, 7) is 5.04. The lowest BCUT2D eigenvalue weighted by Gasteiger charge is -2.08. The summed E-state index contributed by atoms with van der Waals surface area (Å²) in [5, 5.41) is 12.2. The number of nitrogens with one attached hydrogen (secondary N) is 1. The van der Waals surface area contributed by atoms with Gasteiger partial charge < -0.3 is 19.9 Å². The standard InChI is InChI=1S/C18H19NO6S/c1-4-24-18(23)15-10(2)11(3)26-16(15)19-14(21)9-25-17(22)12-5-7-13(20)8-6-12/h5-8,20H,4,9H2,1-3H3,(H,19,21). The molecule has 0 aliphatic rings. The van der Waals surface area contributed by atoms with Gasteiger partial charge in [0, 0.05) is 4.88 Å². The van der Waals surface area contributed by atoms with Gasteiger partial charge in [-0.2, -0.15) is 0 Å². The van der Waals surface area contributed by atoms with E-state index in [9.17, 15) is 19.5 Å². The number of benzene rings is 1. The first-order chi connectivity index (χ1) is 12.3. The van der Waals surface area contributed by atoms with Crippen LogP contribution in [0.25, 0.3) is 0 Å². The number of ether oxygens (including phenoxy) is 2. The predicted molar refractivity (Wildman–Crippen MR) is 96.8 cm³/mol. The normalized spacial score (nSPS) is 10.3. The second kappa shape index (κ2) is 8.48. The van der Waals surface area contributed by atoms with Crippen molar-refractivity contribution in [3.05, 3.63) is 45.8 Å². The second-order valence-corrected chi connectivity index (χ2v) is 6.60. The van der Waals surface area contributed by atoms with Crippen molar-refractivity contribution in [3.8, 4) is 5.75 Å². The van der Waals surface area contributed by atoms with E-state index in [2.05, 4.69) is 5.32 Å². The van der Waals surface area contributed by atoms with Crippen molar-refractivity contribution >= 4 is 34.2 Å². The number of rotatable bonds is 6. The van der Waals surface area contributed by atoms with Crippen molar-refractivity contribution in [3.63, 3.8) is 0 Å². The fourth-order valence-corrected chi connectivity index (χ4v) is 3.20. The van der Waals surface area contributed by atoms with E-state index in [-0.39, 0.29) is 17.9 Å². The molecule has 0 aliphatic carbocycles. The highest BCUT2D eigenvalue weighted by Crippen LogP contribution is 2.33. The molecule has 0 spiro atoms. The molecule has 26 heavy (non-hydrogen) atoms. The van der Waals surface area contributed by atoms with E-state index in [1.807, 2.05) is 6.92 Å². The van der Waals surface area contributed by atoms with Gasteiger partial charge in [0.25, 0.3) is 5.91 Å². The number of amides is 1. The van der Waals surface area contributed by atoms with Crippen LogP contribution in [-0.2, 0) is 14.3 Å². The summed E-state index contributed by atoms with van der Waals surface area (Å²) in [5.41, 5.74) is 1.27. The Kier molecular flexibility index (Phi) is 6.35. The number of esters is 2. The zero-order chi connectivity index (χ0) is 19.3. The highest BCUT2D eigenvalue weighted by molar-refractivity contribution is 7.16. The zero-order valence-electron chi connectivity index (χ0n) is 14.6. The minimum Gasteiger partial charge on any atom is -0.508 e. The summed E-state index contributed by atoms with van der Waals surface area (Å²) >= 11 is 1.25. The van der Waals surface area contributed by atoms with Gasteiger partial charge in [-0.1, -0.05) is 0 Å². The summed E-state index contributed by atoms with van der Waals surface area (Å²) in [6, 6.07) is 5.47. The maximum atomic E-state index is 12.1. The van der Waals surface area contributed by atoms with Crippen molar-refractivity contribution < 1.29 is 29.0 Å². The van der Waals surface area contributed by atoms with Crippen molar-refractivity contribution in [1.29, 1.82) is 0 Å². The third kappa shape index (κ3) is 4.60. The lowest BCUT2D eigenvalue weighted by Crippen LogP contribution is -2.21. The smallest absolute Gasteiger partial charge is 0.341 e. The number of phenolic OH excluding ortho intramolecular Hbond substituents is 1. The summed E-state index contributed by atoms with van der Waals surface area (Å²) in [5.74, 6) is -1.74. The van der Waals surface area contributed by atoms with Crippen LogP contribution in [0, 0.1) is 13.8 Å². The number of aromatic hydroxyl groups is 1. The molecule has 0 bridgehead atoms. The molecule has 0 saturated carbocycles. The molecular formula is C18H19NO6S. The molecule has 2 rings (SSSR count). The molecule has 138 valence electrons. The highest BCUT2D eigenvalue weighted by atomic mass is 32.1. The summed E-state index contributed by atoms with van der Waals surface area (Å²) in [7, 11) is 0. The predicted octanol–water partition coefficient (Wildman–Crippen LogP) is 3.04. The number of hydrogen-bond acceptors (Lipinski definition) is 7. The molecule has 1 amide bonds. The molecule has 0 atom stereocenters. The molecule has 1 heterocycles. The van der Waals surface area contributed by atoms with Crippen LogP contribution in [-0.4, -0.2) is 36.2 Å². The first-order valence-corrected chi connectivity index (χ1v) is 8.68. The number of carbonyl (C=O) groups is 3. The third-order valence-electron chi connectivity index (χ3n) is 3.56. The lowest BCUT2D eigenvalue weighted by atomic mass is 10.1. The number of thiophene rings is 1. The maximum absolute atomic E-state index is 12.1. The van der Waals surface area contributed by atoms with Gasteiger partial charge in [-0.3, -0.25) is 4.79 Å². The Hall–Kier alpha value is -2.87. The Morgan fingerprint density at radius 1 is 1.08 bits per heavy atom. The third-order valence-corrected chi connectivity index (χ3v) is 4.68. The van der Waals surface area contributed by atoms with Crippen LogP contribution in [0.1, 0.15) is 38.1 Å². The van der Waals surface area contributed by atoms with E-state index in [4.69, 9.17) is 9.47 Å². The van der Waals surface area contributed by atoms with Gasteiger partial charge in [-0.15, -0.1) is 11.3 Å². The molecule has 1 aromatic heterocycles. The van der Waals surface area contributed by atoms with Crippen LogP contribution in [0.2, 0.25) is 0 Å². The average Bonchev–Trinajstić information content (AvgIpc) is 2.87. The quantitative estimate of drug-likeness (QED) is 0.750. The van der Waals surface area contributed by atoms with E-state index in [1.165, 1.54) is 35.6 Å².